The number of piperidine rings is 1. The van der Waals surface area contributed by atoms with Gasteiger partial charge in [-0.1, -0.05) is 0 Å². The summed E-state index contributed by atoms with van der Waals surface area (Å²) in [4.78, 5) is 2.78. The molecule has 5 heteroatoms. The third-order valence-electron chi connectivity index (χ3n) is 4.40. The van der Waals surface area contributed by atoms with Crippen molar-refractivity contribution in [2.75, 3.05) is 45.1 Å². The van der Waals surface area contributed by atoms with Crippen LogP contribution in [0.4, 0.5) is 0 Å². The van der Waals surface area contributed by atoms with Gasteiger partial charge < -0.3 is 10.1 Å². The maximum absolute atomic E-state index is 5.62. The van der Waals surface area contributed by atoms with Crippen LogP contribution in [0.15, 0.2) is 0 Å². The normalized spacial score (nSPS) is 34.7. The minimum absolute atomic E-state index is 0. The van der Waals surface area contributed by atoms with Crippen LogP contribution in [0.3, 0.4) is 0 Å². The zero-order valence-corrected chi connectivity index (χ0v) is 12.6. The van der Waals surface area contributed by atoms with Gasteiger partial charge >= 0.3 is 0 Å². The molecule has 0 spiro atoms. The summed E-state index contributed by atoms with van der Waals surface area (Å²) in [5.74, 6) is 2.23. The molecular formula is C13H25ClN2OS. The molecule has 3 fully saturated rings. The third kappa shape index (κ3) is 3.54. The van der Waals surface area contributed by atoms with E-state index < -0.39 is 0 Å². The van der Waals surface area contributed by atoms with Gasteiger partial charge in [0, 0.05) is 36.7 Å². The van der Waals surface area contributed by atoms with Crippen molar-refractivity contribution < 1.29 is 4.74 Å². The summed E-state index contributed by atoms with van der Waals surface area (Å²) in [6, 6.07) is 0.803. The standard InChI is InChI=1S/C13H24N2OS.ClH/c1-4-14-5-2-11(1)9-15-6-8-17-13-10-16-7-3-12(13)15;/h11-14H,1-10H2;1H. The number of ether oxygens (including phenoxy) is 1. The van der Waals surface area contributed by atoms with Crippen LogP contribution in [0, 0.1) is 5.92 Å². The van der Waals surface area contributed by atoms with E-state index >= 15 is 0 Å². The molecule has 0 aromatic rings. The average molecular weight is 293 g/mol. The van der Waals surface area contributed by atoms with Crippen molar-refractivity contribution in [3.63, 3.8) is 0 Å². The topological polar surface area (TPSA) is 24.5 Å². The fourth-order valence-electron chi connectivity index (χ4n) is 3.39. The van der Waals surface area contributed by atoms with Gasteiger partial charge in [-0.2, -0.15) is 11.8 Å². The van der Waals surface area contributed by atoms with E-state index in [0.717, 1.165) is 30.4 Å². The quantitative estimate of drug-likeness (QED) is 0.836. The average Bonchev–Trinajstić information content (AvgIpc) is 2.40. The van der Waals surface area contributed by atoms with Gasteiger partial charge in [-0.3, -0.25) is 4.90 Å². The number of fused-ring (bicyclic) bond motifs is 1. The van der Waals surface area contributed by atoms with E-state index in [9.17, 15) is 0 Å². The monoisotopic (exact) mass is 292 g/mol. The zero-order valence-electron chi connectivity index (χ0n) is 11.0. The Labute approximate surface area is 121 Å². The number of hydrogen-bond donors (Lipinski definition) is 1. The summed E-state index contributed by atoms with van der Waals surface area (Å²) in [5.41, 5.74) is 0. The Hall–Kier alpha value is 0.520. The van der Waals surface area contributed by atoms with E-state index in [0.29, 0.717) is 0 Å². The molecule has 3 rings (SSSR count). The molecule has 3 saturated heterocycles. The Bertz CT molecular complexity index is 249. The molecule has 2 unspecified atom stereocenters. The summed E-state index contributed by atoms with van der Waals surface area (Å²) < 4.78 is 5.62. The predicted molar refractivity (Wildman–Crippen MR) is 79.9 cm³/mol. The lowest BCUT2D eigenvalue weighted by Gasteiger charge is -2.45. The highest BCUT2D eigenvalue weighted by atomic mass is 35.5. The van der Waals surface area contributed by atoms with Gasteiger partial charge in [-0.05, 0) is 38.3 Å². The fourth-order valence-corrected chi connectivity index (χ4v) is 4.75. The summed E-state index contributed by atoms with van der Waals surface area (Å²) in [6.45, 7) is 7.05. The van der Waals surface area contributed by atoms with Crippen molar-refractivity contribution in [3.8, 4) is 0 Å². The second kappa shape index (κ2) is 7.34. The lowest BCUT2D eigenvalue weighted by atomic mass is 9.95. The van der Waals surface area contributed by atoms with Crippen LogP contribution in [0.1, 0.15) is 19.3 Å². The first-order chi connectivity index (χ1) is 8.43. The van der Waals surface area contributed by atoms with Crippen LogP contribution in [0.5, 0.6) is 0 Å². The first-order valence-electron chi connectivity index (χ1n) is 7.07. The highest BCUT2D eigenvalue weighted by molar-refractivity contribution is 8.00. The number of thioether (sulfide) groups is 1. The van der Waals surface area contributed by atoms with Crippen molar-refractivity contribution >= 4 is 24.2 Å². The minimum Gasteiger partial charge on any atom is -0.380 e. The first-order valence-corrected chi connectivity index (χ1v) is 8.12. The maximum Gasteiger partial charge on any atom is 0.0600 e. The van der Waals surface area contributed by atoms with Gasteiger partial charge in [0.1, 0.15) is 0 Å². The first kappa shape index (κ1) is 14.9. The molecule has 106 valence electrons. The van der Waals surface area contributed by atoms with E-state index in [4.69, 9.17) is 4.74 Å². The molecule has 0 aromatic carbocycles. The molecule has 0 bridgehead atoms. The molecule has 0 radical (unpaired) electrons. The lowest BCUT2D eigenvalue weighted by Crippen LogP contribution is -2.53. The molecule has 3 heterocycles. The van der Waals surface area contributed by atoms with E-state index in [-0.39, 0.29) is 12.4 Å². The molecule has 0 saturated carbocycles. The van der Waals surface area contributed by atoms with Crippen molar-refractivity contribution in [2.24, 2.45) is 5.92 Å². The van der Waals surface area contributed by atoms with Crippen molar-refractivity contribution in [1.29, 1.82) is 0 Å². The number of hydrogen-bond acceptors (Lipinski definition) is 4. The van der Waals surface area contributed by atoms with Crippen LogP contribution in [0.2, 0.25) is 0 Å². The van der Waals surface area contributed by atoms with E-state index in [1.54, 1.807) is 0 Å². The number of rotatable bonds is 2. The van der Waals surface area contributed by atoms with Crippen LogP contribution >= 0.6 is 24.2 Å². The maximum atomic E-state index is 5.62. The number of nitrogens with zero attached hydrogens (tertiary/aromatic N) is 1. The van der Waals surface area contributed by atoms with Gasteiger partial charge in [-0.15, -0.1) is 12.4 Å². The van der Waals surface area contributed by atoms with Crippen LogP contribution in [0.25, 0.3) is 0 Å². The van der Waals surface area contributed by atoms with Crippen molar-refractivity contribution in [3.05, 3.63) is 0 Å². The summed E-state index contributed by atoms with van der Waals surface area (Å²) in [6.07, 6.45) is 4.00. The third-order valence-corrected chi connectivity index (χ3v) is 5.70. The lowest BCUT2D eigenvalue weighted by molar-refractivity contribution is 0.0304. The van der Waals surface area contributed by atoms with Crippen LogP contribution in [-0.2, 0) is 4.74 Å². The Morgan fingerprint density at radius 1 is 1.22 bits per heavy atom. The van der Waals surface area contributed by atoms with Crippen LogP contribution < -0.4 is 5.32 Å². The molecule has 0 amide bonds. The minimum atomic E-state index is 0. The van der Waals surface area contributed by atoms with Crippen LogP contribution in [-0.4, -0.2) is 61.3 Å². The van der Waals surface area contributed by atoms with E-state index in [2.05, 4.69) is 22.0 Å². The highest BCUT2D eigenvalue weighted by Gasteiger charge is 2.35. The van der Waals surface area contributed by atoms with Gasteiger partial charge in [0.25, 0.3) is 0 Å². The highest BCUT2D eigenvalue weighted by Crippen LogP contribution is 2.31. The van der Waals surface area contributed by atoms with Gasteiger partial charge in [0.05, 0.1) is 6.61 Å². The zero-order chi connectivity index (χ0) is 11.5. The largest absolute Gasteiger partial charge is 0.380 e. The van der Waals surface area contributed by atoms with E-state index in [1.165, 1.54) is 51.2 Å². The molecule has 18 heavy (non-hydrogen) atoms. The molecule has 0 aliphatic carbocycles. The summed E-state index contributed by atoms with van der Waals surface area (Å²) >= 11 is 2.13. The second-order valence-electron chi connectivity index (χ2n) is 5.53. The summed E-state index contributed by atoms with van der Waals surface area (Å²) in [5, 5.41) is 4.21. The van der Waals surface area contributed by atoms with Gasteiger partial charge in [0.15, 0.2) is 0 Å². The van der Waals surface area contributed by atoms with E-state index in [1.807, 2.05) is 0 Å². The Balaban J connectivity index is 0.00000120. The Kier molecular flexibility index (Phi) is 6.09. The second-order valence-corrected chi connectivity index (χ2v) is 6.88. The summed E-state index contributed by atoms with van der Waals surface area (Å²) in [7, 11) is 0. The Morgan fingerprint density at radius 2 is 2.06 bits per heavy atom. The molecule has 3 aliphatic heterocycles. The number of halogens is 1. The smallest absolute Gasteiger partial charge is 0.0600 e. The number of nitrogens with one attached hydrogen (secondary N) is 1. The molecule has 3 aliphatic rings. The molecular weight excluding hydrogens is 268 g/mol. The molecule has 2 atom stereocenters. The SMILES string of the molecule is C1CC(CN2CCSC3COCCC32)CCN1.Cl. The molecule has 1 N–H and O–H groups in total. The van der Waals surface area contributed by atoms with Crippen molar-refractivity contribution in [2.45, 2.75) is 30.6 Å². The van der Waals surface area contributed by atoms with Crippen molar-refractivity contribution in [1.82, 2.24) is 10.2 Å². The van der Waals surface area contributed by atoms with Gasteiger partial charge in [-0.25, -0.2) is 0 Å². The Morgan fingerprint density at radius 3 is 2.89 bits per heavy atom. The fraction of sp³-hybridized carbons (Fsp3) is 1.00. The predicted octanol–water partition coefficient (Wildman–Crippen LogP) is 1.61. The van der Waals surface area contributed by atoms with Gasteiger partial charge in [0.2, 0.25) is 0 Å². The molecule has 0 aromatic heterocycles. The molecule has 3 nitrogen and oxygen atoms in total.